The maximum atomic E-state index is 13.3. The molecule has 204 valence electrons. The molecule has 0 bridgehead atoms. The number of amides is 1. The van der Waals surface area contributed by atoms with Gasteiger partial charge in [0.1, 0.15) is 17.0 Å². The number of anilines is 1. The lowest BCUT2D eigenvalue weighted by atomic mass is 10.1. The molecule has 2 fully saturated rings. The van der Waals surface area contributed by atoms with Gasteiger partial charge in [0.05, 0.1) is 23.4 Å². The highest BCUT2D eigenvalue weighted by molar-refractivity contribution is 7.92. The Morgan fingerprint density at radius 3 is 2.63 bits per heavy atom. The molecule has 0 radical (unpaired) electrons. The molecule has 1 aliphatic heterocycles. The number of halogens is 1. The Balaban J connectivity index is 0.00000336. The minimum atomic E-state index is -3.35. The number of fused-ring (bicyclic) bond motifs is 1. The number of ether oxygens (including phenoxy) is 2. The lowest BCUT2D eigenvalue weighted by Crippen LogP contribution is -2.25. The van der Waals surface area contributed by atoms with Crippen LogP contribution in [0.3, 0.4) is 0 Å². The number of benzene rings is 1. The first-order chi connectivity index (χ1) is 17.9. The van der Waals surface area contributed by atoms with Gasteiger partial charge < -0.3 is 19.6 Å². The molecule has 3 aromatic rings. The van der Waals surface area contributed by atoms with Crippen molar-refractivity contribution in [3.05, 3.63) is 42.0 Å². The van der Waals surface area contributed by atoms with E-state index in [-0.39, 0.29) is 34.4 Å². The minimum absolute atomic E-state index is 0. The highest BCUT2D eigenvalue weighted by atomic mass is 35.5. The van der Waals surface area contributed by atoms with E-state index in [9.17, 15) is 13.2 Å². The quantitative estimate of drug-likeness (QED) is 0.199. The van der Waals surface area contributed by atoms with Gasteiger partial charge >= 0.3 is 0 Å². The Morgan fingerprint density at radius 2 is 1.95 bits per heavy atom. The fourth-order valence-electron chi connectivity index (χ4n) is 3.67. The molecule has 11 nitrogen and oxygen atoms in total. The Bertz CT molecular complexity index is 1400. The smallest absolute Gasteiger partial charge is 0.280 e. The molecule has 3 heterocycles. The van der Waals surface area contributed by atoms with Crippen molar-refractivity contribution in [3.8, 4) is 5.88 Å². The molecule has 0 spiro atoms. The van der Waals surface area contributed by atoms with Crippen molar-refractivity contribution in [2.24, 2.45) is 5.16 Å². The van der Waals surface area contributed by atoms with E-state index < -0.39 is 15.7 Å². The summed E-state index contributed by atoms with van der Waals surface area (Å²) >= 11 is 1.21. The number of sulfone groups is 1. The number of hydrogen-bond donors (Lipinski definition) is 2. The number of hydrogen-bond acceptors (Lipinski definition) is 11. The summed E-state index contributed by atoms with van der Waals surface area (Å²) in [5.41, 5.74) is 1.05. The molecule has 1 saturated heterocycles. The predicted octanol–water partition coefficient (Wildman–Crippen LogP) is 2.80. The van der Waals surface area contributed by atoms with Crippen LogP contribution in [0.25, 0.3) is 10.3 Å². The van der Waals surface area contributed by atoms with Crippen LogP contribution in [0.15, 0.2) is 46.4 Å². The fraction of sp³-hybridized carbons (Fsp3) is 0.417. The maximum Gasteiger partial charge on any atom is 0.280 e. The van der Waals surface area contributed by atoms with Crippen LogP contribution in [0.2, 0.25) is 0 Å². The number of carbonyl (C=O) groups is 1. The number of oxime groups is 1. The summed E-state index contributed by atoms with van der Waals surface area (Å²) in [7, 11) is -1.51. The van der Waals surface area contributed by atoms with Gasteiger partial charge in [-0.1, -0.05) is 28.6 Å². The van der Waals surface area contributed by atoms with E-state index in [4.69, 9.17) is 14.3 Å². The lowest BCUT2D eigenvalue weighted by molar-refractivity contribution is -0.110. The van der Waals surface area contributed by atoms with Crippen LogP contribution in [-0.2, 0) is 24.2 Å². The third kappa shape index (κ3) is 6.59. The summed E-state index contributed by atoms with van der Waals surface area (Å²) < 4.78 is 36.0. The van der Waals surface area contributed by atoms with E-state index in [2.05, 4.69) is 25.8 Å². The Kier molecular flexibility index (Phi) is 9.15. The van der Waals surface area contributed by atoms with Gasteiger partial charge in [-0.25, -0.2) is 18.4 Å². The largest absolute Gasteiger partial charge is 0.476 e. The number of aromatic nitrogens is 2. The standard InChI is InChI=1S/C24H27N5O6S2.ClH/c1-25-11-13-34-20-9-8-19-23(27-20)36-24(26-19)28-22(30)21(29-35-16-10-12-33-14-16)15-2-4-17(5-3-15)37(31,32)18-6-7-18;/h2-5,8-9,16,18,25H,6-7,10-14H2,1H3,(H,26,28,30);1H/b29-21+;/t16-;/m1./s1. The van der Waals surface area contributed by atoms with E-state index in [1.807, 2.05) is 7.05 Å². The molecular weight excluding hydrogens is 554 g/mol. The summed E-state index contributed by atoms with van der Waals surface area (Å²) in [5, 5.41) is 9.92. The van der Waals surface area contributed by atoms with Crippen LogP contribution in [0.4, 0.5) is 5.13 Å². The average molecular weight is 582 g/mol. The molecule has 2 aromatic heterocycles. The van der Waals surface area contributed by atoms with Gasteiger partial charge in [-0.05, 0) is 38.1 Å². The lowest BCUT2D eigenvalue weighted by Gasteiger charge is -2.10. The Morgan fingerprint density at radius 1 is 1.16 bits per heavy atom. The number of carbonyl (C=O) groups excluding carboxylic acids is 1. The summed E-state index contributed by atoms with van der Waals surface area (Å²) in [6.07, 6.45) is 1.76. The summed E-state index contributed by atoms with van der Waals surface area (Å²) in [4.78, 5) is 28.6. The topological polar surface area (TPSA) is 141 Å². The van der Waals surface area contributed by atoms with Gasteiger partial charge in [0.25, 0.3) is 5.91 Å². The summed E-state index contributed by atoms with van der Waals surface area (Å²) in [6.45, 7) is 2.12. The van der Waals surface area contributed by atoms with Crippen LogP contribution in [0.1, 0.15) is 24.8 Å². The normalized spacial score (nSPS) is 17.7. The second kappa shape index (κ2) is 12.3. The number of likely N-dealkylation sites (N-methyl/N-ethyl adjacent to an activating group) is 1. The van der Waals surface area contributed by atoms with Crippen molar-refractivity contribution in [1.29, 1.82) is 0 Å². The molecule has 5 rings (SSSR count). The van der Waals surface area contributed by atoms with Crippen molar-refractivity contribution in [2.75, 3.05) is 38.7 Å². The van der Waals surface area contributed by atoms with Crippen LogP contribution in [-0.4, -0.2) is 74.8 Å². The Labute approximate surface area is 230 Å². The van der Waals surface area contributed by atoms with Crippen molar-refractivity contribution in [2.45, 2.75) is 35.5 Å². The molecule has 38 heavy (non-hydrogen) atoms. The van der Waals surface area contributed by atoms with E-state index in [1.165, 1.54) is 23.5 Å². The monoisotopic (exact) mass is 581 g/mol. The maximum absolute atomic E-state index is 13.3. The van der Waals surface area contributed by atoms with Gasteiger partial charge in [0.15, 0.2) is 26.8 Å². The van der Waals surface area contributed by atoms with E-state index >= 15 is 0 Å². The first kappa shape index (κ1) is 28.2. The zero-order valence-corrected chi connectivity index (χ0v) is 23.0. The van der Waals surface area contributed by atoms with Crippen molar-refractivity contribution in [1.82, 2.24) is 15.3 Å². The van der Waals surface area contributed by atoms with Crippen molar-refractivity contribution >= 4 is 60.7 Å². The van der Waals surface area contributed by atoms with Crippen molar-refractivity contribution in [3.63, 3.8) is 0 Å². The number of nitrogens with one attached hydrogen (secondary N) is 2. The number of nitrogens with zero attached hydrogens (tertiary/aromatic N) is 3. The molecule has 1 atom stereocenters. The SMILES string of the molecule is CNCCOc1ccc2nc(NC(=O)/C(=N/O[C@@H]3CCOC3)c3ccc(S(=O)(=O)C4CC4)cc3)sc2n1.Cl. The van der Waals surface area contributed by atoms with Crippen LogP contribution in [0.5, 0.6) is 5.88 Å². The second-order valence-electron chi connectivity index (χ2n) is 8.70. The van der Waals surface area contributed by atoms with Crippen LogP contribution >= 0.6 is 23.7 Å². The first-order valence-electron chi connectivity index (χ1n) is 12.0. The zero-order chi connectivity index (χ0) is 25.8. The highest BCUT2D eigenvalue weighted by Crippen LogP contribution is 2.33. The second-order valence-corrected chi connectivity index (χ2v) is 11.9. The number of rotatable bonds is 11. The van der Waals surface area contributed by atoms with Crippen LogP contribution in [0, 0.1) is 0 Å². The molecule has 0 unspecified atom stereocenters. The molecule has 2 N–H and O–H groups in total. The third-order valence-corrected chi connectivity index (χ3v) is 9.03. The molecular formula is C24H28ClN5O6S2. The van der Waals surface area contributed by atoms with Crippen molar-refractivity contribution < 1.29 is 27.5 Å². The van der Waals surface area contributed by atoms with Gasteiger partial charge in [-0.3, -0.25) is 10.1 Å². The average Bonchev–Trinajstić information content (AvgIpc) is 3.50. The van der Waals surface area contributed by atoms with Gasteiger partial charge in [-0.15, -0.1) is 12.4 Å². The molecule has 1 saturated carbocycles. The molecule has 14 heteroatoms. The molecule has 1 aliphatic carbocycles. The molecule has 2 aliphatic rings. The van der Waals surface area contributed by atoms with Gasteiger partial charge in [-0.2, -0.15) is 0 Å². The van der Waals surface area contributed by atoms with E-state index in [0.717, 1.165) is 0 Å². The number of pyridine rings is 1. The predicted molar refractivity (Wildman–Crippen MR) is 146 cm³/mol. The third-order valence-electron chi connectivity index (χ3n) is 5.87. The highest BCUT2D eigenvalue weighted by Gasteiger charge is 2.36. The van der Waals surface area contributed by atoms with Gasteiger partial charge in [0.2, 0.25) is 5.88 Å². The number of thiazole rings is 1. The zero-order valence-electron chi connectivity index (χ0n) is 20.6. The fourth-order valence-corrected chi connectivity index (χ4v) is 6.15. The molecule has 1 aromatic carbocycles. The molecule has 1 amide bonds. The van der Waals surface area contributed by atoms with Crippen LogP contribution < -0.4 is 15.4 Å². The summed E-state index contributed by atoms with van der Waals surface area (Å²) in [6, 6.07) is 9.64. The van der Waals surface area contributed by atoms with E-state index in [1.54, 1.807) is 24.3 Å². The van der Waals surface area contributed by atoms with E-state index in [0.29, 0.717) is 72.5 Å². The van der Waals surface area contributed by atoms with Gasteiger partial charge in [0, 0.05) is 24.6 Å². The Hall–Kier alpha value is -2.84. The summed E-state index contributed by atoms with van der Waals surface area (Å²) in [5.74, 6) is -0.0683. The first-order valence-corrected chi connectivity index (χ1v) is 14.3. The minimum Gasteiger partial charge on any atom is -0.476 e.